The van der Waals surface area contributed by atoms with Crippen molar-refractivity contribution in [2.75, 3.05) is 7.11 Å². The van der Waals surface area contributed by atoms with Crippen LogP contribution < -0.4 is 9.47 Å². The van der Waals surface area contributed by atoms with Gasteiger partial charge >= 0.3 is 0 Å². The Balaban J connectivity index is 2.05. The third-order valence-electron chi connectivity index (χ3n) is 2.96. The molecule has 0 saturated carbocycles. The summed E-state index contributed by atoms with van der Waals surface area (Å²) < 4.78 is 24.3. The van der Waals surface area contributed by atoms with E-state index < -0.39 is 0 Å². The molecule has 0 aliphatic carbocycles. The molecule has 0 fully saturated rings. The minimum absolute atomic E-state index is 0.211. The second-order valence-corrected chi connectivity index (χ2v) is 4.25. The molecule has 3 heteroatoms. The summed E-state index contributed by atoms with van der Waals surface area (Å²) in [6.07, 6.45) is 0.952. The van der Waals surface area contributed by atoms with Gasteiger partial charge in [-0.2, -0.15) is 0 Å². The molecule has 0 aliphatic heterocycles. The predicted molar refractivity (Wildman–Crippen MR) is 73.1 cm³/mol. The van der Waals surface area contributed by atoms with E-state index in [4.69, 9.17) is 9.47 Å². The van der Waals surface area contributed by atoms with Crippen LogP contribution in [0, 0.1) is 5.82 Å². The molecule has 0 N–H and O–H groups in total. The lowest BCUT2D eigenvalue weighted by molar-refractivity contribution is 0.299. The molecule has 2 aromatic rings. The Bertz CT molecular complexity index is 552. The van der Waals surface area contributed by atoms with Crippen molar-refractivity contribution in [3.05, 3.63) is 59.4 Å². The minimum Gasteiger partial charge on any atom is -0.497 e. The molecule has 0 radical (unpaired) electrons. The molecule has 0 amide bonds. The Hall–Kier alpha value is -2.03. The summed E-state index contributed by atoms with van der Waals surface area (Å²) in [7, 11) is 1.52. The van der Waals surface area contributed by atoms with Crippen LogP contribution in [-0.4, -0.2) is 7.11 Å². The lowest BCUT2D eigenvalue weighted by Crippen LogP contribution is -1.99. The fourth-order valence-corrected chi connectivity index (χ4v) is 1.79. The van der Waals surface area contributed by atoms with Crippen molar-refractivity contribution in [1.29, 1.82) is 0 Å². The van der Waals surface area contributed by atoms with Crippen molar-refractivity contribution in [3.8, 4) is 11.5 Å². The third kappa shape index (κ3) is 3.47. The molecule has 0 heterocycles. The number of hydrogen-bond acceptors (Lipinski definition) is 2. The molecule has 100 valence electrons. The first-order valence-corrected chi connectivity index (χ1v) is 6.27. The Morgan fingerprint density at radius 2 is 1.89 bits per heavy atom. The molecule has 0 spiro atoms. The molecule has 0 unspecified atom stereocenters. The predicted octanol–water partition coefficient (Wildman–Crippen LogP) is 3.98. The van der Waals surface area contributed by atoms with Gasteiger partial charge in [0.15, 0.2) is 0 Å². The first kappa shape index (κ1) is 13.4. The van der Waals surface area contributed by atoms with Crippen molar-refractivity contribution >= 4 is 0 Å². The molecule has 19 heavy (non-hydrogen) atoms. The molecule has 2 rings (SSSR count). The largest absolute Gasteiger partial charge is 0.497 e. The highest BCUT2D eigenvalue weighted by Crippen LogP contribution is 2.19. The Morgan fingerprint density at radius 1 is 1.05 bits per heavy atom. The van der Waals surface area contributed by atoms with Crippen molar-refractivity contribution < 1.29 is 13.9 Å². The van der Waals surface area contributed by atoms with Gasteiger partial charge in [0.25, 0.3) is 0 Å². The van der Waals surface area contributed by atoms with Crippen LogP contribution in [0.15, 0.2) is 42.5 Å². The number of halogens is 1. The van der Waals surface area contributed by atoms with E-state index in [-0.39, 0.29) is 12.4 Å². The Labute approximate surface area is 112 Å². The summed E-state index contributed by atoms with van der Waals surface area (Å²) in [5.41, 5.74) is 1.72. The van der Waals surface area contributed by atoms with E-state index in [9.17, 15) is 4.39 Å². The standard InChI is InChI=1S/C16H17FO2/c1-3-12-5-4-6-15(9-12)19-11-13-7-8-14(18-2)10-16(13)17/h4-10H,3,11H2,1-2H3. The number of aryl methyl sites for hydroxylation is 1. The van der Waals surface area contributed by atoms with Crippen LogP contribution in [0.3, 0.4) is 0 Å². The van der Waals surface area contributed by atoms with E-state index in [2.05, 4.69) is 6.92 Å². The summed E-state index contributed by atoms with van der Waals surface area (Å²) in [6.45, 7) is 2.30. The van der Waals surface area contributed by atoms with Crippen LogP contribution in [0.1, 0.15) is 18.1 Å². The molecule has 2 aromatic carbocycles. The van der Waals surface area contributed by atoms with Gasteiger partial charge in [-0.3, -0.25) is 0 Å². The van der Waals surface area contributed by atoms with Crippen LogP contribution in [0.5, 0.6) is 11.5 Å². The smallest absolute Gasteiger partial charge is 0.133 e. The van der Waals surface area contributed by atoms with Crippen LogP contribution in [0.4, 0.5) is 4.39 Å². The van der Waals surface area contributed by atoms with Gasteiger partial charge in [0.1, 0.15) is 23.9 Å². The Morgan fingerprint density at radius 3 is 2.58 bits per heavy atom. The summed E-state index contributed by atoms with van der Waals surface area (Å²) in [5, 5.41) is 0. The van der Waals surface area contributed by atoms with Crippen molar-refractivity contribution in [3.63, 3.8) is 0 Å². The van der Waals surface area contributed by atoms with E-state index in [0.29, 0.717) is 11.3 Å². The van der Waals surface area contributed by atoms with Crippen LogP contribution >= 0.6 is 0 Å². The third-order valence-corrected chi connectivity index (χ3v) is 2.96. The molecule has 0 atom stereocenters. The first-order chi connectivity index (χ1) is 9.22. The second-order valence-electron chi connectivity index (χ2n) is 4.25. The zero-order valence-electron chi connectivity index (χ0n) is 11.2. The average Bonchev–Trinajstić information content (AvgIpc) is 2.46. The monoisotopic (exact) mass is 260 g/mol. The van der Waals surface area contributed by atoms with Crippen LogP contribution in [0.25, 0.3) is 0 Å². The molecule has 0 aromatic heterocycles. The number of ether oxygens (including phenoxy) is 2. The molecule has 0 aliphatic rings. The van der Waals surface area contributed by atoms with E-state index in [1.807, 2.05) is 24.3 Å². The summed E-state index contributed by atoms with van der Waals surface area (Å²) in [4.78, 5) is 0. The molecule has 0 saturated heterocycles. The molecule has 2 nitrogen and oxygen atoms in total. The van der Waals surface area contributed by atoms with Gasteiger partial charge in [0, 0.05) is 11.6 Å². The van der Waals surface area contributed by atoms with Crippen molar-refractivity contribution in [1.82, 2.24) is 0 Å². The van der Waals surface area contributed by atoms with Crippen LogP contribution in [-0.2, 0) is 13.0 Å². The summed E-state index contributed by atoms with van der Waals surface area (Å²) in [6, 6.07) is 12.6. The fourth-order valence-electron chi connectivity index (χ4n) is 1.79. The maximum atomic E-state index is 13.7. The highest BCUT2D eigenvalue weighted by Gasteiger charge is 2.05. The van der Waals surface area contributed by atoms with Gasteiger partial charge in [-0.15, -0.1) is 0 Å². The zero-order chi connectivity index (χ0) is 13.7. The Kier molecular flexibility index (Phi) is 4.39. The summed E-state index contributed by atoms with van der Waals surface area (Å²) >= 11 is 0. The maximum absolute atomic E-state index is 13.7. The van der Waals surface area contributed by atoms with Gasteiger partial charge in [-0.25, -0.2) is 4.39 Å². The van der Waals surface area contributed by atoms with Crippen molar-refractivity contribution in [2.45, 2.75) is 20.0 Å². The van der Waals surface area contributed by atoms with Gasteiger partial charge in [0.2, 0.25) is 0 Å². The molecular formula is C16H17FO2. The van der Waals surface area contributed by atoms with Gasteiger partial charge in [-0.1, -0.05) is 19.1 Å². The number of benzene rings is 2. The van der Waals surface area contributed by atoms with E-state index in [0.717, 1.165) is 12.2 Å². The first-order valence-electron chi connectivity index (χ1n) is 6.27. The fraction of sp³-hybridized carbons (Fsp3) is 0.250. The number of methoxy groups -OCH3 is 1. The topological polar surface area (TPSA) is 18.5 Å². The van der Waals surface area contributed by atoms with Gasteiger partial charge in [-0.05, 0) is 36.2 Å². The minimum atomic E-state index is -0.314. The lowest BCUT2D eigenvalue weighted by Gasteiger charge is -2.09. The second kappa shape index (κ2) is 6.23. The lowest BCUT2D eigenvalue weighted by atomic mass is 10.1. The highest BCUT2D eigenvalue weighted by molar-refractivity contribution is 5.31. The van der Waals surface area contributed by atoms with Crippen molar-refractivity contribution in [2.24, 2.45) is 0 Å². The summed E-state index contributed by atoms with van der Waals surface area (Å²) in [5.74, 6) is 0.954. The number of rotatable bonds is 5. The van der Waals surface area contributed by atoms with Gasteiger partial charge < -0.3 is 9.47 Å². The number of hydrogen-bond donors (Lipinski definition) is 0. The SMILES string of the molecule is CCc1cccc(OCc2ccc(OC)cc2F)c1. The highest BCUT2D eigenvalue weighted by atomic mass is 19.1. The van der Waals surface area contributed by atoms with E-state index >= 15 is 0 Å². The average molecular weight is 260 g/mol. The maximum Gasteiger partial charge on any atom is 0.133 e. The quantitative estimate of drug-likeness (QED) is 0.809. The zero-order valence-corrected chi connectivity index (χ0v) is 11.2. The van der Waals surface area contributed by atoms with Gasteiger partial charge in [0.05, 0.1) is 7.11 Å². The molecule has 0 bridgehead atoms. The molecular weight excluding hydrogens is 243 g/mol. The van der Waals surface area contributed by atoms with E-state index in [1.54, 1.807) is 12.1 Å². The van der Waals surface area contributed by atoms with E-state index in [1.165, 1.54) is 18.7 Å². The normalized spacial score (nSPS) is 10.3. The van der Waals surface area contributed by atoms with Crippen LogP contribution in [0.2, 0.25) is 0 Å².